The van der Waals surface area contributed by atoms with Crippen molar-refractivity contribution in [2.24, 2.45) is 5.92 Å². The topological polar surface area (TPSA) is 101 Å². The molecule has 2 amide bonds. The van der Waals surface area contributed by atoms with Crippen molar-refractivity contribution in [1.29, 1.82) is 0 Å². The first-order valence-electron chi connectivity index (χ1n) is 9.84. The van der Waals surface area contributed by atoms with Crippen molar-refractivity contribution in [2.45, 2.75) is 10.8 Å². The third-order valence-corrected chi connectivity index (χ3v) is 6.90. The van der Waals surface area contributed by atoms with Gasteiger partial charge in [0, 0.05) is 18.5 Å². The normalized spacial score (nSPS) is 15.6. The summed E-state index contributed by atoms with van der Waals surface area (Å²) in [6, 6.07) is 16.3. The maximum Gasteiger partial charge on any atom is 0.231 e. The van der Waals surface area contributed by atoms with E-state index in [4.69, 9.17) is 4.74 Å². The van der Waals surface area contributed by atoms with E-state index >= 15 is 0 Å². The molecule has 4 rings (SSSR count). The Balaban J connectivity index is 1.33. The number of rotatable bonds is 8. The smallest absolute Gasteiger partial charge is 0.231 e. The van der Waals surface area contributed by atoms with Gasteiger partial charge >= 0.3 is 0 Å². The molecule has 1 fully saturated rings. The first kappa shape index (κ1) is 22.0. The van der Waals surface area contributed by atoms with Crippen LogP contribution < -0.4 is 15.0 Å². The molecule has 1 N–H and O–H groups in total. The maximum atomic E-state index is 12.7. The summed E-state index contributed by atoms with van der Waals surface area (Å²) in [5.41, 5.74) is 1.29. The van der Waals surface area contributed by atoms with Gasteiger partial charge in [-0.3, -0.25) is 14.4 Å². The second kappa shape index (κ2) is 9.92. The molecule has 164 valence electrons. The van der Waals surface area contributed by atoms with Crippen molar-refractivity contribution < 1.29 is 19.1 Å². The minimum atomic E-state index is -0.507. The first-order valence-corrected chi connectivity index (χ1v) is 11.6. The van der Waals surface area contributed by atoms with Crippen LogP contribution in [0.1, 0.15) is 16.8 Å². The van der Waals surface area contributed by atoms with Gasteiger partial charge in [0.1, 0.15) is 5.75 Å². The zero-order valence-electron chi connectivity index (χ0n) is 17.2. The van der Waals surface area contributed by atoms with Gasteiger partial charge in [-0.25, -0.2) is 0 Å². The minimum Gasteiger partial charge on any atom is -0.495 e. The molecule has 0 aliphatic carbocycles. The van der Waals surface area contributed by atoms with Gasteiger partial charge in [-0.05, 0) is 12.1 Å². The van der Waals surface area contributed by atoms with E-state index in [0.29, 0.717) is 26.5 Å². The molecule has 32 heavy (non-hydrogen) atoms. The van der Waals surface area contributed by atoms with E-state index in [-0.39, 0.29) is 36.3 Å². The van der Waals surface area contributed by atoms with Crippen LogP contribution in [0.15, 0.2) is 58.9 Å². The number of anilines is 2. The van der Waals surface area contributed by atoms with Gasteiger partial charge in [0.05, 0.1) is 24.5 Å². The van der Waals surface area contributed by atoms with E-state index in [2.05, 4.69) is 15.5 Å². The van der Waals surface area contributed by atoms with Crippen LogP contribution >= 0.6 is 23.1 Å². The molecule has 1 aromatic heterocycles. The van der Waals surface area contributed by atoms with E-state index in [1.165, 1.54) is 23.1 Å². The number of thioether (sulfide) groups is 1. The lowest BCUT2D eigenvalue weighted by Gasteiger charge is -2.19. The Bertz CT molecular complexity index is 1140. The van der Waals surface area contributed by atoms with E-state index in [9.17, 15) is 14.4 Å². The molecule has 3 aromatic rings. The Labute approximate surface area is 193 Å². The lowest BCUT2D eigenvalue weighted by molar-refractivity contribution is -0.122. The van der Waals surface area contributed by atoms with Crippen molar-refractivity contribution in [3.63, 3.8) is 0 Å². The van der Waals surface area contributed by atoms with E-state index in [1.54, 1.807) is 36.3 Å². The van der Waals surface area contributed by atoms with Crippen molar-refractivity contribution in [2.75, 3.05) is 29.6 Å². The van der Waals surface area contributed by atoms with Crippen LogP contribution in [0.2, 0.25) is 0 Å². The second-order valence-electron chi connectivity index (χ2n) is 7.02. The highest BCUT2D eigenvalue weighted by molar-refractivity contribution is 8.01. The fourth-order valence-corrected chi connectivity index (χ4v) is 4.98. The van der Waals surface area contributed by atoms with Crippen LogP contribution in [0.4, 0.5) is 10.8 Å². The number of aromatic nitrogens is 2. The van der Waals surface area contributed by atoms with Crippen LogP contribution in [-0.4, -0.2) is 47.2 Å². The number of nitrogens with zero attached hydrogens (tertiary/aromatic N) is 3. The van der Waals surface area contributed by atoms with E-state index in [1.807, 2.05) is 30.3 Å². The van der Waals surface area contributed by atoms with Gasteiger partial charge in [0.25, 0.3) is 0 Å². The number of methoxy groups -OCH3 is 1. The third kappa shape index (κ3) is 4.97. The molecule has 0 spiro atoms. The number of Topliss-reactive ketones (excluding diaryl/α,β-unsaturated/α-hetero) is 1. The summed E-state index contributed by atoms with van der Waals surface area (Å²) < 4.78 is 5.92. The van der Waals surface area contributed by atoms with Gasteiger partial charge in [-0.15, -0.1) is 10.2 Å². The molecule has 1 aliphatic heterocycles. The van der Waals surface area contributed by atoms with Crippen molar-refractivity contribution >= 4 is 51.5 Å². The highest BCUT2D eigenvalue weighted by Gasteiger charge is 2.36. The van der Waals surface area contributed by atoms with Crippen LogP contribution in [0.3, 0.4) is 0 Å². The van der Waals surface area contributed by atoms with Crippen LogP contribution in [0.25, 0.3) is 0 Å². The first-order chi connectivity index (χ1) is 15.5. The number of benzene rings is 2. The Hall–Kier alpha value is -3.24. The van der Waals surface area contributed by atoms with Crippen LogP contribution in [0, 0.1) is 5.92 Å². The summed E-state index contributed by atoms with van der Waals surface area (Å²) in [6.45, 7) is 0.261. The summed E-state index contributed by atoms with van der Waals surface area (Å²) in [6.07, 6.45) is 0.107. The summed E-state index contributed by atoms with van der Waals surface area (Å²) in [4.78, 5) is 39.0. The molecule has 1 atom stereocenters. The summed E-state index contributed by atoms with van der Waals surface area (Å²) in [5.74, 6) is -0.120. The molecule has 0 unspecified atom stereocenters. The molecule has 2 aromatic carbocycles. The number of ketones is 1. The summed E-state index contributed by atoms with van der Waals surface area (Å²) in [7, 11) is 1.54. The van der Waals surface area contributed by atoms with Gasteiger partial charge in [0.2, 0.25) is 16.9 Å². The lowest BCUT2D eigenvalue weighted by atomic mass is 10.1. The maximum absolute atomic E-state index is 12.7. The van der Waals surface area contributed by atoms with E-state index in [0.717, 1.165) is 0 Å². The van der Waals surface area contributed by atoms with Gasteiger partial charge in [-0.1, -0.05) is 65.6 Å². The molecule has 0 saturated carbocycles. The standard InChI is InChI=1S/C22H20N4O4S2/c1-30-18-10-6-5-9-16(18)26-12-15(11-19(26)28)20(29)23-21-24-25-22(32-21)31-13-17(27)14-7-3-2-4-8-14/h2-10,15H,11-13H2,1H3,(H,23,24,29)/t15-/m1/s1. The largest absolute Gasteiger partial charge is 0.495 e. The molecular weight excluding hydrogens is 448 g/mol. The number of hydrogen-bond acceptors (Lipinski definition) is 8. The number of carbonyl (C=O) groups is 3. The molecule has 1 saturated heterocycles. The summed E-state index contributed by atoms with van der Waals surface area (Å²) >= 11 is 2.47. The SMILES string of the molecule is COc1ccccc1N1C[C@H](C(=O)Nc2nnc(SCC(=O)c3ccccc3)s2)CC1=O. The molecule has 0 bridgehead atoms. The summed E-state index contributed by atoms with van der Waals surface area (Å²) in [5, 5.41) is 11.1. The lowest BCUT2D eigenvalue weighted by Crippen LogP contribution is -2.28. The molecule has 2 heterocycles. The molecule has 10 heteroatoms. The highest BCUT2D eigenvalue weighted by Crippen LogP contribution is 2.33. The van der Waals surface area contributed by atoms with Crippen molar-refractivity contribution in [3.8, 4) is 5.75 Å². The predicted octanol–water partition coefficient (Wildman–Crippen LogP) is 3.51. The Kier molecular flexibility index (Phi) is 6.81. The zero-order chi connectivity index (χ0) is 22.5. The van der Waals surface area contributed by atoms with Crippen molar-refractivity contribution in [1.82, 2.24) is 10.2 Å². The quantitative estimate of drug-likeness (QED) is 0.307. The fraction of sp³-hybridized carbons (Fsp3) is 0.227. The van der Waals surface area contributed by atoms with Gasteiger partial charge in [0.15, 0.2) is 10.1 Å². The van der Waals surface area contributed by atoms with Gasteiger partial charge in [-0.2, -0.15) is 0 Å². The number of para-hydroxylation sites is 2. The van der Waals surface area contributed by atoms with Crippen LogP contribution in [0.5, 0.6) is 5.75 Å². The van der Waals surface area contributed by atoms with E-state index < -0.39 is 5.92 Å². The Morgan fingerprint density at radius 2 is 1.91 bits per heavy atom. The molecular formula is C22H20N4O4S2. The number of nitrogens with one attached hydrogen (secondary N) is 1. The zero-order valence-corrected chi connectivity index (χ0v) is 18.8. The molecule has 1 aliphatic rings. The average molecular weight is 469 g/mol. The number of carbonyl (C=O) groups excluding carboxylic acids is 3. The monoisotopic (exact) mass is 468 g/mol. The molecule has 8 nitrogen and oxygen atoms in total. The highest BCUT2D eigenvalue weighted by atomic mass is 32.2. The molecule has 0 radical (unpaired) electrons. The fourth-order valence-electron chi connectivity index (χ4n) is 3.33. The van der Waals surface area contributed by atoms with Crippen molar-refractivity contribution in [3.05, 3.63) is 60.2 Å². The van der Waals surface area contributed by atoms with Gasteiger partial charge < -0.3 is 15.0 Å². The average Bonchev–Trinajstić information content (AvgIpc) is 3.44. The predicted molar refractivity (Wildman–Crippen MR) is 123 cm³/mol. The number of hydrogen-bond donors (Lipinski definition) is 1. The number of ether oxygens (including phenoxy) is 1. The Morgan fingerprint density at radius 1 is 1.16 bits per heavy atom. The third-order valence-electron chi connectivity index (χ3n) is 4.93. The number of amides is 2. The van der Waals surface area contributed by atoms with Crippen LogP contribution in [-0.2, 0) is 9.59 Å². The Morgan fingerprint density at radius 3 is 2.69 bits per heavy atom. The minimum absolute atomic E-state index is 0.00251. The second-order valence-corrected chi connectivity index (χ2v) is 9.22.